The highest BCUT2D eigenvalue weighted by molar-refractivity contribution is 7.99. The molecule has 0 radical (unpaired) electrons. The summed E-state index contributed by atoms with van der Waals surface area (Å²) in [4.78, 5) is 11.7. The van der Waals surface area contributed by atoms with Gasteiger partial charge < -0.3 is 15.7 Å². The Balaban J connectivity index is 2.35. The first-order valence-corrected chi connectivity index (χ1v) is 7.48. The van der Waals surface area contributed by atoms with Gasteiger partial charge in [0.15, 0.2) is 0 Å². The molecule has 1 aliphatic rings. The van der Waals surface area contributed by atoms with E-state index in [-0.39, 0.29) is 24.1 Å². The van der Waals surface area contributed by atoms with Crippen LogP contribution >= 0.6 is 11.8 Å². The monoisotopic (exact) mass is 260 g/mol. The molecule has 1 aliphatic carbocycles. The fourth-order valence-electron chi connectivity index (χ4n) is 2.20. The molecule has 0 saturated heterocycles. The summed E-state index contributed by atoms with van der Waals surface area (Å²) in [5, 5.41) is 15.7. The Morgan fingerprint density at radius 1 is 1.65 bits per heavy atom. The third-order valence-corrected chi connectivity index (χ3v) is 4.67. The number of aliphatic hydroxyl groups excluding tert-OH is 1. The number of carbonyl (C=O) groups excluding carboxylic acids is 1. The first-order chi connectivity index (χ1) is 8.01. The number of aliphatic hydroxyl groups is 1. The molecule has 0 spiro atoms. The molecule has 0 aliphatic heterocycles. The van der Waals surface area contributed by atoms with Gasteiger partial charge in [-0.25, -0.2) is 4.79 Å². The second-order valence-corrected chi connectivity index (χ2v) is 6.43. The van der Waals surface area contributed by atoms with Gasteiger partial charge in [-0.2, -0.15) is 11.8 Å². The minimum absolute atomic E-state index is 0.0945. The number of hydrogen-bond donors (Lipinski definition) is 3. The molecule has 1 rings (SSSR count). The number of rotatable bonds is 5. The summed E-state index contributed by atoms with van der Waals surface area (Å²) < 4.78 is 0. The molecule has 5 heteroatoms. The third kappa shape index (κ3) is 4.07. The summed E-state index contributed by atoms with van der Waals surface area (Å²) in [6, 6.07) is -0.0189. The van der Waals surface area contributed by atoms with E-state index in [4.69, 9.17) is 0 Å². The Bertz CT molecular complexity index is 263. The van der Waals surface area contributed by atoms with Gasteiger partial charge in [-0.1, -0.05) is 20.3 Å². The molecule has 0 bridgehead atoms. The average molecular weight is 260 g/mol. The van der Waals surface area contributed by atoms with Gasteiger partial charge in [0.25, 0.3) is 0 Å². The van der Waals surface area contributed by atoms with Crippen LogP contribution in [-0.2, 0) is 0 Å². The Morgan fingerprint density at radius 2 is 2.35 bits per heavy atom. The highest BCUT2D eigenvalue weighted by Gasteiger charge is 2.39. The summed E-state index contributed by atoms with van der Waals surface area (Å²) in [6.45, 7) is 4.93. The van der Waals surface area contributed by atoms with Gasteiger partial charge in [0, 0.05) is 23.3 Å². The van der Waals surface area contributed by atoms with Crippen molar-refractivity contribution in [3.8, 4) is 0 Å². The van der Waals surface area contributed by atoms with Crippen LogP contribution in [0, 0.1) is 5.41 Å². The van der Waals surface area contributed by atoms with Crippen LogP contribution in [0.25, 0.3) is 0 Å². The molecule has 3 N–H and O–H groups in total. The van der Waals surface area contributed by atoms with Crippen LogP contribution in [0.5, 0.6) is 0 Å². The normalized spacial score (nSPS) is 30.0. The smallest absolute Gasteiger partial charge is 0.315 e. The second kappa shape index (κ2) is 6.50. The van der Waals surface area contributed by atoms with Crippen molar-refractivity contribution < 1.29 is 9.90 Å². The van der Waals surface area contributed by atoms with Crippen LogP contribution in [0.4, 0.5) is 4.79 Å². The SMILES string of the molecule is CSC(C)CNC(=O)NC1CCCC1(C)CO. The Labute approximate surface area is 108 Å². The summed E-state index contributed by atoms with van der Waals surface area (Å²) >= 11 is 1.73. The zero-order valence-corrected chi connectivity index (χ0v) is 11.8. The standard InChI is InChI=1S/C12H24N2O2S/c1-9(17-3)7-13-11(16)14-10-5-4-6-12(10,2)8-15/h9-10,15H,4-8H2,1-3H3,(H2,13,14,16). The molecule has 0 heterocycles. The van der Waals surface area contributed by atoms with Crippen LogP contribution in [0.15, 0.2) is 0 Å². The van der Waals surface area contributed by atoms with E-state index in [1.165, 1.54) is 0 Å². The maximum atomic E-state index is 11.7. The second-order valence-electron chi connectivity index (χ2n) is 5.16. The maximum Gasteiger partial charge on any atom is 0.315 e. The molecule has 1 fully saturated rings. The van der Waals surface area contributed by atoms with Crippen molar-refractivity contribution in [2.24, 2.45) is 5.41 Å². The Kier molecular flexibility index (Phi) is 5.59. The van der Waals surface area contributed by atoms with Crippen LogP contribution in [0.1, 0.15) is 33.1 Å². The van der Waals surface area contributed by atoms with Gasteiger partial charge in [-0.3, -0.25) is 0 Å². The van der Waals surface area contributed by atoms with E-state index < -0.39 is 0 Å². The van der Waals surface area contributed by atoms with Crippen molar-refractivity contribution in [2.45, 2.75) is 44.4 Å². The molecule has 100 valence electrons. The molecule has 17 heavy (non-hydrogen) atoms. The van der Waals surface area contributed by atoms with E-state index in [0.29, 0.717) is 11.8 Å². The number of amides is 2. The van der Waals surface area contributed by atoms with Crippen molar-refractivity contribution in [2.75, 3.05) is 19.4 Å². The molecular weight excluding hydrogens is 236 g/mol. The first-order valence-electron chi connectivity index (χ1n) is 6.20. The lowest BCUT2D eigenvalue weighted by Crippen LogP contribution is -2.49. The van der Waals surface area contributed by atoms with Crippen molar-refractivity contribution >= 4 is 17.8 Å². The van der Waals surface area contributed by atoms with Crippen molar-refractivity contribution in [3.63, 3.8) is 0 Å². The first kappa shape index (κ1) is 14.6. The number of hydrogen-bond acceptors (Lipinski definition) is 3. The van der Waals surface area contributed by atoms with E-state index >= 15 is 0 Å². The number of urea groups is 1. The van der Waals surface area contributed by atoms with Gasteiger partial charge in [-0.15, -0.1) is 0 Å². The topological polar surface area (TPSA) is 61.4 Å². The highest BCUT2D eigenvalue weighted by Crippen LogP contribution is 2.37. The molecule has 0 aromatic heterocycles. The lowest BCUT2D eigenvalue weighted by Gasteiger charge is -2.30. The van der Waals surface area contributed by atoms with E-state index in [9.17, 15) is 9.90 Å². The quantitative estimate of drug-likeness (QED) is 0.703. The molecule has 0 aromatic carbocycles. The molecule has 1 saturated carbocycles. The van der Waals surface area contributed by atoms with Gasteiger partial charge in [-0.05, 0) is 19.1 Å². The summed E-state index contributed by atoms with van der Waals surface area (Å²) in [6.07, 6.45) is 5.05. The van der Waals surface area contributed by atoms with Gasteiger partial charge in [0.2, 0.25) is 0 Å². The van der Waals surface area contributed by atoms with E-state index in [1.54, 1.807) is 11.8 Å². The van der Waals surface area contributed by atoms with Crippen LogP contribution in [0.3, 0.4) is 0 Å². The molecule has 2 amide bonds. The molecule has 4 nitrogen and oxygen atoms in total. The van der Waals surface area contributed by atoms with E-state index in [2.05, 4.69) is 17.6 Å². The summed E-state index contributed by atoms with van der Waals surface area (Å²) in [5.74, 6) is 0. The summed E-state index contributed by atoms with van der Waals surface area (Å²) in [5.41, 5.74) is -0.150. The van der Waals surface area contributed by atoms with Crippen LogP contribution < -0.4 is 10.6 Å². The largest absolute Gasteiger partial charge is 0.396 e. The fraction of sp³-hybridized carbons (Fsp3) is 0.917. The van der Waals surface area contributed by atoms with Crippen LogP contribution in [0.2, 0.25) is 0 Å². The lowest BCUT2D eigenvalue weighted by molar-refractivity contribution is 0.121. The molecular formula is C12H24N2O2S. The van der Waals surface area contributed by atoms with Crippen molar-refractivity contribution in [1.29, 1.82) is 0 Å². The van der Waals surface area contributed by atoms with Gasteiger partial charge in [0.1, 0.15) is 0 Å². The summed E-state index contributed by atoms with van der Waals surface area (Å²) in [7, 11) is 0. The number of thioether (sulfide) groups is 1. The molecule has 3 unspecified atom stereocenters. The Morgan fingerprint density at radius 3 is 2.94 bits per heavy atom. The van der Waals surface area contributed by atoms with Crippen LogP contribution in [-0.4, -0.2) is 41.8 Å². The minimum atomic E-state index is -0.150. The highest BCUT2D eigenvalue weighted by atomic mass is 32.2. The fourth-order valence-corrected chi connectivity index (χ4v) is 2.45. The number of nitrogens with one attached hydrogen (secondary N) is 2. The van der Waals surface area contributed by atoms with Gasteiger partial charge in [0.05, 0.1) is 6.61 Å². The molecule has 0 aromatic rings. The maximum absolute atomic E-state index is 11.7. The lowest BCUT2D eigenvalue weighted by atomic mass is 9.86. The molecule has 3 atom stereocenters. The third-order valence-electron chi connectivity index (χ3n) is 3.70. The Hall–Kier alpha value is -0.420. The predicted octanol–water partition coefficient (Wildman–Crippen LogP) is 1.59. The zero-order valence-electron chi connectivity index (χ0n) is 11.0. The number of carbonyl (C=O) groups is 1. The van der Waals surface area contributed by atoms with Crippen molar-refractivity contribution in [3.05, 3.63) is 0 Å². The minimum Gasteiger partial charge on any atom is -0.396 e. The average Bonchev–Trinajstić information content (AvgIpc) is 2.68. The van der Waals surface area contributed by atoms with E-state index in [1.807, 2.05) is 13.2 Å². The van der Waals surface area contributed by atoms with E-state index in [0.717, 1.165) is 19.3 Å². The van der Waals surface area contributed by atoms with Crippen molar-refractivity contribution in [1.82, 2.24) is 10.6 Å². The zero-order chi connectivity index (χ0) is 12.9. The predicted molar refractivity (Wildman–Crippen MR) is 72.3 cm³/mol. The van der Waals surface area contributed by atoms with Gasteiger partial charge >= 0.3 is 6.03 Å².